The first-order valence-corrected chi connectivity index (χ1v) is 7.34. The van der Waals surface area contributed by atoms with Gasteiger partial charge >= 0.3 is 0 Å². The van der Waals surface area contributed by atoms with Crippen LogP contribution < -0.4 is 5.32 Å². The summed E-state index contributed by atoms with van der Waals surface area (Å²) in [5.74, 6) is 0.796. The molecule has 1 N–H and O–H groups in total. The van der Waals surface area contributed by atoms with Gasteiger partial charge in [-0.3, -0.25) is 4.90 Å². The lowest BCUT2D eigenvalue weighted by molar-refractivity contribution is 0.174. The molecule has 1 aromatic rings. The van der Waals surface area contributed by atoms with Crippen LogP contribution in [0.25, 0.3) is 0 Å². The summed E-state index contributed by atoms with van der Waals surface area (Å²) in [6.45, 7) is 7.03. The van der Waals surface area contributed by atoms with E-state index in [-0.39, 0.29) is 0 Å². The second-order valence-electron chi connectivity index (χ2n) is 5.86. The fraction of sp³-hybridized carbons (Fsp3) is 0.625. The Labute approximate surface area is 110 Å². The maximum absolute atomic E-state index is 3.45. The molecule has 1 aliphatic carbocycles. The predicted octanol–water partition coefficient (Wildman–Crippen LogP) is 2.54. The lowest BCUT2D eigenvalue weighted by atomic mass is 9.96. The highest BCUT2D eigenvalue weighted by atomic mass is 15.2. The number of nitrogens with zero attached hydrogens (tertiary/aromatic N) is 1. The molecule has 1 saturated heterocycles. The van der Waals surface area contributed by atoms with Gasteiger partial charge in [0.05, 0.1) is 0 Å². The first-order valence-electron chi connectivity index (χ1n) is 7.34. The minimum absolute atomic E-state index is 0.796. The molecule has 2 heteroatoms. The van der Waals surface area contributed by atoms with E-state index in [0.717, 1.165) is 12.0 Å². The first kappa shape index (κ1) is 12.2. The van der Waals surface area contributed by atoms with Crippen LogP contribution in [0.2, 0.25) is 0 Å². The summed E-state index contributed by atoms with van der Waals surface area (Å²) in [6, 6.07) is 9.94. The Hall–Kier alpha value is -0.860. The zero-order chi connectivity index (χ0) is 12.4. The SMILES string of the molecule is Cc1cccc(C2CCC(N3CCNCC3)C2)c1. The normalized spacial score (nSPS) is 29.6. The van der Waals surface area contributed by atoms with Gasteiger partial charge in [0.25, 0.3) is 0 Å². The minimum Gasteiger partial charge on any atom is -0.314 e. The predicted molar refractivity (Wildman–Crippen MR) is 76.0 cm³/mol. The summed E-state index contributed by atoms with van der Waals surface area (Å²) in [4.78, 5) is 2.70. The van der Waals surface area contributed by atoms with E-state index in [1.807, 2.05) is 0 Å². The number of piperazine rings is 1. The van der Waals surface area contributed by atoms with Crippen LogP contribution >= 0.6 is 0 Å². The van der Waals surface area contributed by atoms with Crippen molar-refractivity contribution in [2.45, 2.75) is 38.1 Å². The van der Waals surface area contributed by atoms with Gasteiger partial charge in [0.1, 0.15) is 0 Å². The molecule has 0 spiro atoms. The van der Waals surface area contributed by atoms with Crippen LogP contribution in [0.4, 0.5) is 0 Å². The highest BCUT2D eigenvalue weighted by Crippen LogP contribution is 2.37. The smallest absolute Gasteiger partial charge is 0.0110 e. The average molecular weight is 244 g/mol. The van der Waals surface area contributed by atoms with E-state index in [1.54, 1.807) is 5.56 Å². The first-order chi connectivity index (χ1) is 8.83. The second-order valence-corrected chi connectivity index (χ2v) is 5.86. The van der Waals surface area contributed by atoms with Crippen LogP contribution in [0.1, 0.15) is 36.3 Å². The van der Waals surface area contributed by atoms with E-state index < -0.39 is 0 Å². The van der Waals surface area contributed by atoms with Gasteiger partial charge in [0.15, 0.2) is 0 Å². The van der Waals surface area contributed by atoms with Gasteiger partial charge in [-0.2, -0.15) is 0 Å². The Balaban J connectivity index is 1.64. The van der Waals surface area contributed by atoms with Gasteiger partial charge in [-0.15, -0.1) is 0 Å². The molecule has 2 unspecified atom stereocenters. The molecule has 0 radical (unpaired) electrons. The molecule has 1 aliphatic heterocycles. The van der Waals surface area contributed by atoms with Gasteiger partial charge in [0, 0.05) is 32.2 Å². The Morgan fingerprint density at radius 3 is 2.78 bits per heavy atom. The van der Waals surface area contributed by atoms with E-state index in [4.69, 9.17) is 0 Å². The summed E-state index contributed by atoms with van der Waals surface area (Å²) < 4.78 is 0. The van der Waals surface area contributed by atoms with Crippen molar-refractivity contribution in [1.29, 1.82) is 0 Å². The number of hydrogen-bond donors (Lipinski definition) is 1. The highest BCUT2D eigenvalue weighted by molar-refractivity contribution is 5.26. The number of nitrogens with one attached hydrogen (secondary N) is 1. The molecule has 0 amide bonds. The zero-order valence-electron chi connectivity index (χ0n) is 11.4. The van der Waals surface area contributed by atoms with Crippen LogP contribution in [0.15, 0.2) is 24.3 Å². The zero-order valence-corrected chi connectivity index (χ0v) is 11.4. The van der Waals surface area contributed by atoms with Crippen LogP contribution in [0, 0.1) is 6.92 Å². The topological polar surface area (TPSA) is 15.3 Å². The molecule has 3 rings (SSSR count). The Morgan fingerprint density at radius 1 is 1.17 bits per heavy atom. The van der Waals surface area contributed by atoms with E-state index in [1.165, 1.54) is 51.0 Å². The molecule has 2 nitrogen and oxygen atoms in total. The van der Waals surface area contributed by atoms with Gasteiger partial charge in [-0.25, -0.2) is 0 Å². The molecular weight excluding hydrogens is 220 g/mol. The average Bonchev–Trinajstić information content (AvgIpc) is 2.89. The Kier molecular flexibility index (Phi) is 3.67. The third kappa shape index (κ3) is 2.60. The lowest BCUT2D eigenvalue weighted by Gasteiger charge is -2.32. The van der Waals surface area contributed by atoms with Crippen molar-refractivity contribution in [3.05, 3.63) is 35.4 Å². The molecule has 0 bridgehead atoms. The van der Waals surface area contributed by atoms with Crippen LogP contribution in [0.3, 0.4) is 0 Å². The molecule has 1 saturated carbocycles. The van der Waals surface area contributed by atoms with Crippen molar-refractivity contribution in [2.75, 3.05) is 26.2 Å². The van der Waals surface area contributed by atoms with E-state index >= 15 is 0 Å². The largest absolute Gasteiger partial charge is 0.314 e. The summed E-state index contributed by atoms with van der Waals surface area (Å²) in [5, 5.41) is 3.45. The van der Waals surface area contributed by atoms with E-state index in [2.05, 4.69) is 41.4 Å². The second kappa shape index (κ2) is 5.41. The standard InChI is InChI=1S/C16H24N2/c1-13-3-2-4-14(11-13)15-5-6-16(12-15)18-9-7-17-8-10-18/h2-4,11,15-17H,5-10,12H2,1H3. The quantitative estimate of drug-likeness (QED) is 0.860. The van der Waals surface area contributed by atoms with Gasteiger partial charge in [-0.05, 0) is 37.7 Å². The fourth-order valence-electron chi connectivity index (χ4n) is 3.56. The minimum atomic E-state index is 0.796. The fourth-order valence-corrected chi connectivity index (χ4v) is 3.56. The lowest BCUT2D eigenvalue weighted by Crippen LogP contribution is -2.47. The van der Waals surface area contributed by atoms with Crippen molar-refractivity contribution in [3.63, 3.8) is 0 Å². The summed E-state index contributed by atoms with van der Waals surface area (Å²) in [7, 11) is 0. The van der Waals surface area contributed by atoms with Crippen LogP contribution in [0.5, 0.6) is 0 Å². The summed E-state index contributed by atoms with van der Waals surface area (Å²) >= 11 is 0. The van der Waals surface area contributed by atoms with E-state index in [9.17, 15) is 0 Å². The third-order valence-electron chi connectivity index (χ3n) is 4.59. The number of aryl methyl sites for hydroxylation is 1. The van der Waals surface area contributed by atoms with Gasteiger partial charge in [0.2, 0.25) is 0 Å². The maximum atomic E-state index is 3.45. The summed E-state index contributed by atoms with van der Waals surface area (Å²) in [5.41, 5.74) is 2.96. The Bertz CT molecular complexity index is 396. The van der Waals surface area contributed by atoms with Crippen molar-refractivity contribution >= 4 is 0 Å². The molecule has 1 heterocycles. The maximum Gasteiger partial charge on any atom is 0.0110 e. The van der Waals surface area contributed by atoms with Gasteiger partial charge in [-0.1, -0.05) is 29.8 Å². The molecule has 98 valence electrons. The molecular formula is C16H24N2. The Morgan fingerprint density at radius 2 is 2.00 bits per heavy atom. The molecule has 18 heavy (non-hydrogen) atoms. The van der Waals surface area contributed by atoms with Crippen molar-refractivity contribution < 1.29 is 0 Å². The van der Waals surface area contributed by atoms with Gasteiger partial charge < -0.3 is 5.32 Å². The highest BCUT2D eigenvalue weighted by Gasteiger charge is 2.30. The molecule has 2 fully saturated rings. The molecule has 2 atom stereocenters. The number of hydrogen-bond acceptors (Lipinski definition) is 2. The molecule has 0 aromatic heterocycles. The molecule has 1 aromatic carbocycles. The van der Waals surface area contributed by atoms with Crippen molar-refractivity contribution in [1.82, 2.24) is 10.2 Å². The van der Waals surface area contributed by atoms with Crippen LogP contribution in [-0.2, 0) is 0 Å². The monoisotopic (exact) mass is 244 g/mol. The molecule has 2 aliphatic rings. The number of benzene rings is 1. The third-order valence-corrected chi connectivity index (χ3v) is 4.59. The summed E-state index contributed by atoms with van der Waals surface area (Å²) in [6.07, 6.45) is 4.13. The van der Waals surface area contributed by atoms with E-state index in [0.29, 0.717) is 0 Å². The van der Waals surface area contributed by atoms with Crippen LogP contribution in [-0.4, -0.2) is 37.1 Å². The van der Waals surface area contributed by atoms with Crippen molar-refractivity contribution in [3.8, 4) is 0 Å². The van der Waals surface area contributed by atoms with Crippen molar-refractivity contribution in [2.24, 2.45) is 0 Å². The number of rotatable bonds is 2.